The van der Waals surface area contributed by atoms with Gasteiger partial charge in [-0.25, -0.2) is 13.9 Å². The van der Waals surface area contributed by atoms with Crippen molar-refractivity contribution >= 4 is 75.0 Å². The highest BCUT2D eigenvalue weighted by atomic mass is 32.2. The minimum Gasteiger partial charge on any atom is -0.384 e. The van der Waals surface area contributed by atoms with Gasteiger partial charge in [-0.2, -0.15) is 4.98 Å². The van der Waals surface area contributed by atoms with E-state index in [1.54, 1.807) is 24.4 Å². The largest absolute Gasteiger partial charge is 0.384 e. The molecule has 7 rings (SSSR count). The van der Waals surface area contributed by atoms with E-state index in [0.29, 0.717) is 42.0 Å². The van der Waals surface area contributed by atoms with Gasteiger partial charge in [-0.15, -0.1) is 0 Å². The predicted molar refractivity (Wildman–Crippen MR) is 266 cm³/mol. The molecular weight excluding hydrogens is 883 g/mol. The lowest BCUT2D eigenvalue weighted by Crippen LogP contribution is -2.54. The Bertz CT molecular complexity index is 2470. The molecule has 0 aliphatic carbocycles. The van der Waals surface area contributed by atoms with E-state index in [0.717, 1.165) is 105 Å². The van der Waals surface area contributed by atoms with Crippen LogP contribution in [0.15, 0.2) is 77.8 Å². The third-order valence-electron chi connectivity index (χ3n) is 12.1. The second-order valence-electron chi connectivity index (χ2n) is 18.7. The van der Waals surface area contributed by atoms with Gasteiger partial charge in [0.1, 0.15) is 22.8 Å². The van der Waals surface area contributed by atoms with Gasteiger partial charge in [0, 0.05) is 85.7 Å². The Kier molecular flexibility index (Phi) is 16.9. The molecule has 18 heteroatoms. The van der Waals surface area contributed by atoms with Crippen LogP contribution in [0.3, 0.4) is 0 Å². The number of benzene rings is 3. The number of amides is 5. The van der Waals surface area contributed by atoms with Crippen molar-refractivity contribution in [3.63, 3.8) is 0 Å². The molecule has 68 heavy (non-hydrogen) atoms. The van der Waals surface area contributed by atoms with E-state index < -0.39 is 40.7 Å². The summed E-state index contributed by atoms with van der Waals surface area (Å²) < 4.78 is 15.9. The summed E-state index contributed by atoms with van der Waals surface area (Å²) in [6.07, 6.45) is 10.5. The van der Waals surface area contributed by atoms with Crippen LogP contribution < -0.4 is 36.2 Å². The van der Waals surface area contributed by atoms with E-state index in [1.165, 1.54) is 0 Å². The van der Waals surface area contributed by atoms with E-state index >= 15 is 0 Å². The third-order valence-corrected chi connectivity index (χ3v) is 13.6. The first-order valence-corrected chi connectivity index (χ1v) is 25.0. The molecule has 2 atom stereocenters. The number of rotatable bonds is 22. The van der Waals surface area contributed by atoms with Gasteiger partial charge in [0.25, 0.3) is 11.8 Å². The topological polar surface area (TPSA) is 210 Å². The quantitative estimate of drug-likeness (QED) is 0.0365. The maximum atomic E-state index is 13.3. The average Bonchev–Trinajstić information content (AvgIpc) is 3.56. The van der Waals surface area contributed by atoms with Crippen molar-refractivity contribution in [1.29, 1.82) is 0 Å². The van der Waals surface area contributed by atoms with Crippen molar-refractivity contribution in [1.82, 2.24) is 35.1 Å². The SMILES string of the molecule is Cc1cnc(Nc2ccc(N3CCN(CC(=O)NCCCCCCCCCCNc4cccc5c4C(=O)N(C4CCC(=O)NC4=O)C5=O)CC3)cc2)nc1Nc1cccc(S(=O)NC(C)(C)C)c1. The Balaban J connectivity index is 0.723. The Hall–Kier alpha value is -6.24. The zero-order valence-corrected chi connectivity index (χ0v) is 40.4. The Morgan fingerprint density at radius 2 is 1.50 bits per heavy atom. The van der Waals surface area contributed by atoms with E-state index in [-0.39, 0.29) is 35.4 Å². The van der Waals surface area contributed by atoms with Crippen molar-refractivity contribution in [2.45, 2.75) is 108 Å². The fourth-order valence-electron chi connectivity index (χ4n) is 8.52. The normalized spacial score (nSPS) is 16.9. The maximum absolute atomic E-state index is 13.3. The summed E-state index contributed by atoms with van der Waals surface area (Å²) in [7, 11) is -1.35. The number of nitrogens with zero attached hydrogens (tertiary/aromatic N) is 5. The molecule has 2 unspecified atom stereocenters. The molecular formula is C50H65N11O6S. The fourth-order valence-corrected chi connectivity index (χ4v) is 9.63. The molecule has 6 N–H and O–H groups in total. The smallest absolute Gasteiger partial charge is 0.264 e. The molecule has 2 saturated heterocycles. The van der Waals surface area contributed by atoms with Crippen LogP contribution in [-0.4, -0.2) is 111 Å². The predicted octanol–water partition coefficient (Wildman–Crippen LogP) is 6.56. The highest BCUT2D eigenvalue weighted by molar-refractivity contribution is 7.83. The first-order chi connectivity index (χ1) is 32.7. The first-order valence-electron chi connectivity index (χ1n) is 23.8. The lowest BCUT2D eigenvalue weighted by Gasteiger charge is -2.35. The number of piperazine rings is 1. The third kappa shape index (κ3) is 13.5. The number of piperidine rings is 1. The molecule has 4 aromatic rings. The van der Waals surface area contributed by atoms with Crippen molar-refractivity contribution in [2.24, 2.45) is 0 Å². The zero-order chi connectivity index (χ0) is 48.2. The summed E-state index contributed by atoms with van der Waals surface area (Å²) in [4.78, 5) is 78.5. The first kappa shape index (κ1) is 49.7. The minimum atomic E-state index is -1.35. The minimum absolute atomic E-state index is 0.0700. The molecule has 0 bridgehead atoms. The summed E-state index contributed by atoms with van der Waals surface area (Å²) in [6.45, 7) is 12.9. The number of anilines is 6. The maximum Gasteiger partial charge on any atom is 0.264 e. The summed E-state index contributed by atoms with van der Waals surface area (Å²) in [6, 6.07) is 19.8. The Morgan fingerprint density at radius 1 is 0.809 bits per heavy atom. The van der Waals surface area contributed by atoms with Crippen LogP contribution in [0.4, 0.5) is 34.5 Å². The lowest BCUT2D eigenvalue weighted by molar-refractivity contribution is -0.136. The molecule has 2 fully saturated rings. The highest BCUT2D eigenvalue weighted by Gasteiger charge is 2.45. The second kappa shape index (κ2) is 23.2. The van der Waals surface area contributed by atoms with Gasteiger partial charge in [0.05, 0.1) is 22.6 Å². The number of nitrogens with one attached hydrogen (secondary N) is 6. The number of aromatic nitrogens is 2. The van der Waals surface area contributed by atoms with Crippen LogP contribution in [0, 0.1) is 6.92 Å². The van der Waals surface area contributed by atoms with Gasteiger partial charge in [0.15, 0.2) is 0 Å². The fraction of sp³-hybridized carbons (Fsp3) is 0.460. The van der Waals surface area contributed by atoms with Crippen LogP contribution in [0.5, 0.6) is 0 Å². The van der Waals surface area contributed by atoms with Gasteiger partial charge < -0.3 is 26.2 Å². The number of aryl methyl sites for hydroxylation is 1. The van der Waals surface area contributed by atoms with Crippen molar-refractivity contribution < 1.29 is 28.2 Å². The van der Waals surface area contributed by atoms with Gasteiger partial charge >= 0.3 is 0 Å². The van der Waals surface area contributed by atoms with E-state index in [1.807, 2.05) is 64.1 Å². The molecule has 17 nitrogen and oxygen atoms in total. The van der Waals surface area contributed by atoms with Crippen molar-refractivity contribution in [2.75, 3.05) is 66.7 Å². The van der Waals surface area contributed by atoms with Gasteiger partial charge in [-0.05, 0) is 102 Å². The summed E-state index contributed by atoms with van der Waals surface area (Å²) in [5.41, 5.74) is 4.50. The number of hydrogen-bond acceptors (Lipinski definition) is 13. The summed E-state index contributed by atoms with van der Waals surface area (Å²) in [5.74, 6) is -0.835. The number of hydrogen-bond donors (Lipinski definition) is 6. The zero-order valence-electron chi connectivity index (χ0n) is 39.6. The van der Waals surface area contributed by atoms with E-state index in [2.05, 4.69) is 58.2 Å². The number of carbonyl (C=O) groups is 5. The van der Waals surface area contributed by atoms with E-state index in [9.17, 15) is 28.2 Å². The molecule has 3 aliphatic rings. The van der Waals surface area contributed by atoms with Crippen LogP contribution >= 0.6 is 0 Å². The Morgan fingerprint density at radius 3 is 2.21 bits per heavy atom. The standard InChI is InChI=1S/C50H65N11O6S/c1-34-32-53-49(57-45(34)54-36-15-13-16-38(31-36)68(67)58-50(2,3)4)55-35-19-21-37(22-20-35)60-29-27-59(28-30-60)33-43(63)52-26-12-10-8-6-5-7-9-11-25-51-40-18-14-17-39-44(40)48(66)61(47(39)65)41-23-24-42(62)56-46(41)64/h13-22,31-32,41,51,58H,5-12,23-30,33H2,1-4H3,(H,52,63)(H,56,62,64)(H2,53,54,55,57). The molecule has 0 radical (unpaired) electrons. The molecule has 5 amide bonds. The molecule has 362 valence electrons. The molecule has 0 spiro atoms. The summed E-state index contributed by atoms with van der Waals surface area (Å²) >= 11 is 0. The van der Waals surface area contributed by atoms with Crippen LogP contribution in [0.2, 0.25) is 0 Å². The highest BCUT2D eigenvalue weighted by Crippen LogP contribution is 2.33. The molecule has 1 aromatic heterocycles. The van der Waals surface area contributed by atoms with Gasteiger partial charge in [-0.1, -0.05) is 50.7 Å². The second-order valence-corrected chi connectivity index (χ2v) is 19.9. The number of imide groups is 2. The van der Waals surface area contributed by atoms with Crippen molar-refractivity contribution in [3.05, 3.63) is 89.6 Å². The number of fused-ring (bicyclic) bond motifs is 1. The monoisotopic (exact) mass is 947 g/mol. The Labute approximate surface area is 401 Å². The van der Waals surface area contributed by atoms with E-state index in [4.69, 9.17) is 4.98 Å². The van der Waals surface area contributed by atoms with Gasteiger partial charge in [-0.3, -0.25) is 39.1 Å². The van der Waals surface area contributed by atoms with Crippen molar-refractivity contribution in [3.8, 4) is 0 Å². The van der Waals surface area contributed by atoms with Crippen LogP contribution in [-0.2, 0) is 25.4 Å². The summed E-state index contributed by atoms with van der Waals surface area (Å²) in [5, 5.41) is 15.3. The number of carbonyl (C=O) groups excluding carboxylic acids is 5. The molecule has 3 aliphatic heterocycles. The molecule has 3 aromatic carbocycles. The van der Waals surface area contributed by atoms with Gasteiger partial charge in [0.2, 0.25) is 23.7 Å². The lowest BCUT2D eigenvalue weighted by atomic mass is 10.0. The molecule has 0 saturated carbocycles. The molecule has 4 heterocycles. The van der Waals surface area contributed by atoms with Crippen LogP contribution in [0.1, 0.15) is 111 Å². The number of unbranched alkanes of at least 4 members (excludes halogenated alkanes) is 7. The van der Waals surface area contributed by atoms with Crippen LogP contribution in [0.25, 0.3) is 0 Å². The average molecular weight is 948 g/mol.